The summed E-state index contributed by atoms with van der Waals surface area (Å²) < 4.78 is 29.9. The van der Waals surface area contributed by atoms with Crippen LogP contribution in [-0.2, 0) is 14.6 Å². The second-order valence-electron chi connectivity index (χ2n) is 6.13. The summed E-state index contributed by atoms with van der Waals surface area (Å²) >= 11 is 0. The number of hydrogen-bond acceptors (Lipinski definition) is 6. The highest BCUT2D eigenvalue weighted by Crippen LogP contribution is 2.21. The third-order valence-electron chi connectivity index (χ3n) is 3.93. The summed E-state index contributed by atoms with van der Waals surface area (Å²) in [5.41, 5.74) is 1.87. The molecule has 0 spiro atoms. The van der Waals surface area contributed by atoms with E-state index in [9.17, 15) is 13.2 Å². The van der Waals surface area contributed by atoms with Gasteiger partial charge >= 0.3 is 5.97 Å². The SMILES string of the molecule is Cc1ccc(S(=O)(=O)CCCO)cc1C#Cc1cc(C#N)ccc1OCC(=O)O. The molecule has 0 aliphatic rings. The van der Waals surface area contributed by atoms with Gasteiger partial charge in [0.1, 0.15) is 5.75 Å². The monoisotopic (exact) mass is 413 g/mol. The van der Waals surface area contributed by atoms with Gasteiger partial charge in [-0.3, -0.25) is 0 Å². The number of aliphatic hydroxyl groups excluding tert-OH is 1. The van der Waals surface area contributed by atoms with E-state index in [1.165, 1.54) is 30.3 Å². The first-order valence-corrected chi connectivity index (χ1v) is 10.3. The van der Waals surface area contributed by atoms with Gasteiger partial charge in [-0.05, 0) is 49.2 Å². The van der Waals surface area contributed by atoms with Crippen LogP contribution in [0.5, 0.6) is 5.75 Å². The lowest BCUT2D eigenvalue weighted by Crippen LogP contribution is -2.10. The van der Waals surface area contributed by atoms with E-state index in [4.69, 9.17) is 20.2 Å². The van der Waals surface area contributed by atoms with Crippen LogP contribution >= 0.6 is 0 Å². The van der Waals surface area contributed by atoms with E-state index in [-0.39, 0.29) is 29.4 Å². The number of aryl methyl sites for hydroxylation is 1. The summed E-state index contributed by atoms with van der Waals surface area (Å²) in [5, 5.41) is 26.7. The molecule has 2 N–H and O–H groups in total. The molecule has 0 amide bonds. The number of benzene rings is 2. The number of carbonyl (C=O) groups is 1. The summed E-state index contributed by atoms with van der Waals surface area (Å²) in [7, 11) is -3.54. The lowest BCUT2D eigenvalue weighted by atomic mass is 10.1. The van der Waals surface area contributed by atoms with Gasteiger partial charge in [0.25, 0.3) is 0 Å². The molecular weight excluding hydrogens is 394 g/mol. The fourth-order valence-electron chi connectivity index (χ4n) is 2.40. The number of nitriles is 1. The lowest BCUT2D eigenvalue weighted by molar-refractivity contribution is -0.139. The Kier molecular flexibility index (Phi) is 7.38. The van der Waals surface area contributed by atoms with Crippen LogP contribution in [0.1, 0.15) is 28.7 Å². The molecule has 29 heavy (non-hydrogen) atoms. The van der Waals surface area contributed by atoms with Crippen LogP contribution in [0.25, 0.3) is 0 Å². The number of carboxylic acid groups (broad SMARTS) is 1. The molecule has 0 saturated carbocycles. The molecule has 0 bridgehead atoms. The summed E-state index contributed by atoms with van der Waals surface area (Å²) in [6.45, 7) is 1.01. The average Bonchev–Trinajstić information content (AvgIpc) is 2.70. The first-order valence-electron chi connectivity index (χ1n) is 8.62. The molecule has 0 unspecified atom stereocenters. The maximum absolute atomic E-state index is 12.3. The molecule has 2 rings (SSSR count). The van der Waals surface area contributed by atoms with Gasteiger partial charge in [-0.15, -0.1) is 0 Å². The molecule has 0 heterocycles. The van der Waals surface area contributed by atoms with Crippen LogP contribution in [-0.4, -0.2) is 43.6 Å². The third kappa shape index (κ3) is 6.08. The van der Waals surface area contributed by atoms with E-state index in [0.717, 1.165) is 5.56 Å². The van der Waals surface area contributed by atoms with Crippen molar-refractivity contribution in [2.75, 3.05) is 19.0 Å². The predicted molar refractivity (Wildman–Crippen MR) is 105 cm³/mol. The zero-order chi connectivity index (χ0) is 21.4. The molecule has 0 aliphatic heterocycles. The standard InChI is InChI=1S/C21H19NO6S/c1-15-3-7-19(29(26,27)10-2-9-23)12-17(15)5-6-18-11-16(13-22)4-8-20(18)28-14-21(24)25/h3-4,7-8,11-12,23H,2,9-10,14H2,1H3,(H,24,25). The van der Waals surface area contributed by atoms with Crippen LogP contribution in [0.4, 0.5) is 0 Å². The van der Waals surface area contributed by atoms with Gasteiger partial charge in [0.2, 0.25) is 0 Å². The third-order valence-corrected chi connectivity index (χ3v) is 5.73. The summed E-state index contributed by atoms with van der Waals surface area (Å²) in [5.74, 6) is 4.61. The predicted octanol–water partition coefficient (Wildman–Crippen LogP) is 1.89. The largest absolute Gasteiger partial charge is 0.481 e. The number of rotatable bonds is 7. The number of hydrogen-bond donors (Lipinski definition) is 2. The highest BCUT2D eigenvalue weighted by molar-refractivity contribution is 7.91. The molecule has 0 aromatic heterocycles. The number of aliphatic hydroxyl groups is 1. The van der Waals surface area contributed by atoms with Crippen molar-refractivity contribution in [1.82, 2.24) is 0 Å². The minimum atomic E-state index is -3.54. The van der Waals surface area contributed by atoms with Crippen LogP contribution in [0.2, 0.25) is 0 Å². The van der Waals surface area contributed by atoms with Gasteiger partial charge < -0.3 is 14.9 Å². The fraction of sp³-hybridized carbons (Fsp3) is 0.238. The highest BCUT2D eigenvalue weighted by Gasteiger charge is 2.15. The Morgan fingerprint density at radius 3 is 2.52 bits per heavy atom. The molecule has 150 valence electrons. The van der Waals surface area contributed by atoms with Crippen molar-refractivity contribution in [3.63, 3.8) is 0 Å². The Balaban J connectivity index is 2.44. The van der Waals surface area contributed by atoms with Crippen LogP contribution in [0.3, 0.4) is 0 Å². The van der Waals surface area contributed by atoms with Crippen molar-refractivity contribution < 1.29 is 28.2 Å². The maximum atomic E-state index is 12.3. The van der Waals surface area contributed by atoms with E-state index in [1.54, 1.807) is 13.0 Å². The molecule has 0 atom stereocenters. The Bertz CT molecular complexity index is 1120. The van der Waals surface area contributed by atoms with E-state index in [0.29, 0.717) is 16.7 Å². The molecule has 0 aliphatic carbocycles. The molecular formula is C21H19NO6S. The van der Waals surface area contributed by atoms with Gasteiger partial charge in [-0.25, -0.2) is 13.2 Å². The molecule has 2 aromatic carbocycles. The molecule has 8 heteroatoms. The van der Waals surface area contributed by atoms with Crippen LogP contribution < -0.4 is 4.74 Å². The van der Waals surface area contributed by atoms with Gasteiger partial charge in [-0.2, -0.15) is 5.26 Å². The number of nitrogens with zero attached hydrogens (tertiary/aromatic N) is 1. The van der Waals surface area contributed by atoms with E-state index in [1.807, 2.05) is 6.07 Å². The Morgan fingerprint density at radius 2 is 1.86 bits per heavy atom. The van der Waals surface area contributed by atoms with Crippen molar-refractivity contribution in [3.8, 4) is 23.7 Å². The van der Waals surface area contributed by atoms with Crippen LogP contribution in [0, 0.1) is 30.1 Å². The number of sulfone groups is 1. The molecule has 0 fully saturated rings. The van der Waals surface area contributed by atoms with Crippen LogP contribution in [0.15, 0.2) is 41.3 Å². The molecule has 2 aromatic rings. The zero-order valence-electron chi connectivity index (χ0n) is 15.7. The number of carboxylic acids is 1. The first-order chi connectivity index (χ1) is 13.8. The summed E-state index contributed by atoms with van der Waals surface area (Å²) in [6, 6.07) is 11.0. The molecule has 7 nitrogen and oxygen atoms in total. The second kappa shape index (κ2) is 9.74. The Hall–Kier alpha value is -3.33. The summed E-state index contributed by atoms with van der Waals surface area (Å²) in [4.78, 5) is 10.9. The lowest BCUT2D eigenvalue weighted by Gasteiger charge is -2.07. The quantitative estimate of drug-likeness (QED) is 0.664. The summed E-state index contributed by atoms with van der Waals surface area (Å²) in [6.07, 6.45) is 0.141. The normalized spacial score (nSPS) is 10.5. The number of ether oxygens (including phenoxy) is 1. The van der Waals surface area contributed by atoms with E-state index < -0.39 is 22.4 Å². The maximum Gasteiger partial charge on any atom is 0.341 e. The van der Waals surface area contributed by atoms with E-state index in [2.05, 4.69) is 11.8 Å². The average molecular weight is 413 g/mol. The van der Waals surface area contributed by atoms with Gasteiger partial charge in [0, 0.05) is 12.2 Å². The van der Waals surface area contributed by atoms with Crippen molar-refractivity contribution in [1.29, 1.82) is 5.26 Å². The first kappa shape index (κ1) is 22.0. The van der Waals surface area contributed by atoms with Gasteiger partial charge in [-0.1, -0.05) is 17.9 Å². The minimum Gasteiger partial charge on any atom is -0.481 e. The Morgan fingerprint density at radius 1 is 1.14 bits per heavy atom. The Labute approximate surface area is 169 Å². The minimum absolute atomic E-state index is 0.106. The molecule has 0 saturated heterocycles. The van der Waals surface area contributed by atoms with Gasteiger partial charge in [0.05, 0.1) is 27.8 Å². The van der Waals surface area contributed by atoms with E-state index >= 15 is 0 Å². The zero-order valence-corrected chi connectivity index (χ0v) is 16.5. The topological polar surface area (TPSA) is 125 Å². The van der Waals surface area contributed by atoms with Crippen molar-refractivity contribution in [2.24, 2.45) is 0 Å². The van der Waals surface area contributed by atoms with Crippen molar-refractivity contribution in [3.05, 3.63) is 58.7 Å². The second-order valence-corrected chi connectivity index (χ2v) is 8.24. The van der Waals surface area contributed by atoms with Crippen molar-refractivity contribution in [2.45, 2.75) is 18.2 Å². The molecule has 0 radical (unpaired) electrons. The smallest absolute Gasteiger partial charge is 0.341 e. The highest BCUT2D eigenvalue weighted by atomic mass is 32.2. The number of aliphatic carboxylic acids is 1. The van der Waals surface area contributed by atoms with Gasteiger partial charge in [0.15, 0.2) is 16.4 Å². The van der Waals surface area contributed by atoms with Crippen molar-refractivity contribution >= 4 is 15.8 Å². The fourth-order valence-corrected chi connectivity index (χ4v) is 3.72.